The molecule has 0 aliphatic carbocycles. The Labute approximate surface area is 126 Å². The lowest BCUT2D eigenvalue weighted by molar-refractivity contribution is 0.0721. The van der Waals surface area contributed by atoms with E-state index < -0.39 is 0 Å². The van der Waals surface area contributed by atoms with Crippen molar-refractivity contribution in [3.05, 3.63) is 22.8 Å². The Hall–Kier alpha value is -0.840. The van der Waals surface area contributed by atoms with Crippen LogP contribution >= 0.6 is 11.6 Å². The van der Waals surface area contributed by atoms with Crippen molar-refractivity contribution in [3.8, 4) is 0 Å². The van der Waals surface area contributed by atoms with Gasteiger partial charge in [0.25, 0.3) is 0 Å². The molecule has 0 spiro atoms. The van der Waals surface area contributed by atoms with Gasteiger partial charge in [0.2, 0.25) is 0 Å². The Balaban J connectivity index is 1.99. The molecular weight excluding hydrogens is 274 g/mol. The van der Waals surface area contributed by atoms with Gasteiger partial charge in [0.05, 0.1) is 16.8 Å². The molecule has 2 rings (SSSR count). The van der Waals surface area contributed by atoms with E-state index in [-0.39, 0.29) is 0 Å². The molecule has 1 N–H and O–H groups in total. The monoisotopic (exact) mass is 297 g/mol. The van der Waals surface area contributed by atoms with E-state index in [0.717, 1.165) is 55.7 Å². The zero-order chi connectivity index (χ0) is 14.4. The lowest BCUT2D eigenvalue weighted by Crippen LogP contribution is -2.32. The van der Waals surface area contributed by atoms with Gasteiger partial charge in [-0.05, 0) is 38.4 Å². The molecule has 1 fully saturated rings. The van der Waals surface area contributed by atoms with Crippen LogP contribution in [0.2, 0.25) is 5.02 Å². The van der Waals surface area contributed by atoms with Crippen molar-refractivity contribution in [1.82, 2.24) is 9.88 Å². The highest BCUT2D eigenvalue weighted by atomic mass is 35.5. The fourth-order valence-electron chi connectivity index (χ4n) is 2.47. The van der Waals surface area contributed by atoms with Crippen LogP contribution in [-0.2, 0) is 11.3 Å². The number of anilines is 1. The quantitative estimate of drug-likeness (QED) is 0.839. The number of pyridine rings is 1. The van der Waals surface area contributed by atoms with E-state index >= 15 is 0 Å². The molecule has 1 aromatic heterocycles. The van der Waals surface area contributed by atoms with Crippen LogP contribution in [-0.4, -0.2) is 42.2 Å². The number of hydrogen-bond donors (Lipinski definition) is 1. The van der Waals surface area contributed by atoms with E-state index in [1.54, 1.807) is 0 Å². The Morgan fingerprint density at radius 3 is 2.95 bits per heavy atom. The van der Waals surface area contributed by atoms with Crippen molar-refractivity contribution in [2.75, 3.05) is 31.6 Å². The number of hydrogen-bond acceptors (Lipinski definition) is 4. The first-order valence-electron chi connectivity index (χ1n) is 7.46. The summed E-state index contributed by atoms with van der Waals surface area (Å²) in [6, 6.07) is 3.84. The molecule has 1 unspecified atom stereocenters. The number of nitrogens with zero attached hydrogens (tertiary/aromatic N) is 2. The van der Waals surface area contributed by atoms with Gasteiger partial charge in [-0.3, -0.25) is 4.90 Å². The molecule has 1 saturated heterocycles. The average Bonchev–Trinajstić information content (AvgIpc) is 2.95. The lowest BCUT2D eigenvalue weighted by atomic mass is 10.2. The summed E-state index contributed by atoms with van der Waals surface area (Å²) in [5, 5.41) is 3.96. The summed E-state index contributed by atoms with van der Waals surface area (Å²) in [6.07, 6.45) is 2.71. The zero-order valence-electron chi connectivity index (χ0n) is 12.4. The highest BCUT2D eigenvalue weighted by molar-refractivity contribution is 6.31. The van der Waals surface area contributed by atoms with Crippen LogP contribution < -0.4 is 5.32 Å². The summed E-state index contributed by atoms with van der Waals surface area (Å²) in [6.45, 7) is 8.69. The van der Waals surface area contributed by atoms with E-state index in [0.29, 0.717) is 6.10 Å². The molecule has 5 heteroatoms. The van der Waals surface area contributed by atoms with Gasteiger partial charge in [-0.1, -0.05) is 18.5 Å². The summed E-state index contributed by atoms with van der Waals surface area (Å²) in [7, 11) is 0. The number of likely N-dealkylation sites (N-methyl/N-ethyl adjacent to an activating group) is 1. The fraction of sp³-hybridized carbons (Fsp3) is 0.667. The van der Waals surface area contributed by atoms with Crippen LogP contribution in [0.4, 0.5) is 5.82 Å². The van der Waals surface area contributed by atoms with E-state index in [4.69, 9.17) is 16.3 Å². The summed E-state index contributed by atoms with van der Waals surface area (Å²) in [5.74, 6) is 0.889. The van der Waals surface area contributed by atoms with Gasteiger partial charge in [0, 0.05) is 26.2 Å². The molecule has 1 aliphatic heterocycles. The summed E-state index contributed by atoms with van der Waals surface area (Å²) in [4.78, 5) is 6.95. The molecule has 0 bridgehead atoms. The third-order valence-corrected chi connectivity index (χ3v) is 3.93. The highest BCUT2D eigenvalue weighted by Gasteiger charge is 2.19. The standard InChI is InChI=1S/C15H24ClN3O/c1-3-17-15-8-7-13(16)14(18-15)11-19(4-2)10-12-6-5-9-20-12/h7-8,12H,3-6,9-11H2,1-2H3,(H,17,18). The highest BCUT2D eigenvalue weighted by Crippen LogP contribution is 2.20. The maximum absolute atomic E-state index is 6.27. The molecule has 2 heterocycles. The minimum atomic E-state index is 0.366. The third kappa shape index (κ3) is 4.33. The van der Waals surface area contributed by atoms with Crippen LogP contribution in [0.5, 0.6) is 0 Å². The number of halogens is 1. The second-order valence-electron chi connectivity index (χ2n) is 5.12. The molecule has 1 atom stereocenters. The fourth-order valence-corrected chi connectivity index (χ4v) is 2.63. The number of ether oxygens (including phenoxy) is 1. The van der Waals surface area contributed by atoms with Gasteiger partial charge in [-0.15, -0.1) is 0 Å². The molecule has 0 amide bonds. The van der Waals surface area contributed by atoms with Gasteiger partial charge >= 0.3 is 0 Å². The second kappa shape index (κ2) is 7.81. The van der Waals surface area contributed by atoms with Gasteiger partial charge in [0.1, 0.15) is 5.82 Å². The Bertz CT molecular complexity index is 422. The van der Waals surface area contributed by atoms with Crippen molar-refractivity contribution < 1.29 is 4.74 Å². The molecular formula is C15H24ClN3O. The molecule has 4 nitrogen and oxygen atoms in total. The van der Waals surface area contributed by atoms with Crippen LogP contribution in [0.1, 0.15) is 32.4 Å². The maximum atomic E-state index is 6.27. The van der Waals surface area contributed by atoms with Crippen molar-refractivity contribution in [2.24, 2.45) is 0 Å². The molecule has 0 saturated carbocycles. The summed E-state index contributed by atoms with van der Waals surface area (Å²) >= 11 is 6.27. The number of nitrogens with one attached hydrogen (secondary N) is 1. The zero-order valence-corrected chi connectivity index (χ0v) is 13.1. The third-order valence-electron chi connectivity index (χ3n) is 3.58. The minimum Gasteiger partial charge on any atom is -0.377 e. The van der Waals surface area contributed by atoms with Crippen LogP contribution in [0.25, 0.3) is 0 Å². The average molecular weight is 298 g/mol. The van der Waals surface area contributed by atoms with Crippen molar-refractivity contribution in [2.45, 2.75) is 39.3 Å². The maximum Gasteiger partial charge on any atom is 0.126 e. The Kier molecular flexibility index (Phi) is 6.07. The van der Waals surface area contributed by atoms with Gasteiger partial charge in [0.15, 0.2) is 0 Å². The van der Waals surface area contributed by atoms with E-state index in [1.165, 1.54) is 6.42 Å². The van der Waals surface area contributed by atoms with Crippen molar-refractivity contribution in [1.29, 1.82) is 0 Å². The van der Waals surface area contributed by atoms with Gasteiger partial charge in [-0.2, -0.15) is 0 Å². The van der Waals surface area contributed by atoms with Gasteiger partial charge < -0.3 is 10.1 Å². The Morgan fingerprint density at radius 1 is 1.45 bits per heavy atom. The Morgan fingerprint density at radius 2 is 2.30 bits per heavy atom. The van der Waals surface area contributed by atoms with E-state index in [9.17, 15) is 0 Å². The van der Waals surface area contributed by atoms with Crippen molar-refractivity contribution in [3.63, 3.8) is 0 Å². The van der Waals surface area contributed by atoms with E-state index in [2.05, 4.69) is 29.0 Å². The topological polar surface area (TPSA) is 37.4 Å². The minimum absolute atomic E-state index is 0.366. The first kappa shape index (κ1) is 15.5. The number of aromatic nitrogens is 1. The smallest absolute Gasteiger partial charge is 0.126 e. The second-order valence-corrected chi connectivity index (χ2v) is 5.53. The van der Waals surface area contributed by atoms with Crippen LogP contribution in [0, 0.1) is 0 Å². The largest absolute Gasteiger partial charge is 0.377 e. The van der Waals surface area contributed by atoms with Crippen LogP contribution in [0.15, 0.2) is 12.1 Å². The summed E-state index contributed by atoms with van der Waals surface area (Å²) in [5.41, 5.74) is 0.935. The molecule has 112 valence electrons. The summed E-state index contributed by atoms with van der Waals surface area (Å²) < 4.78 is 5.71. The molecule has 20 heavy (non-hydrogen) atoms. The molecule has 0 aromatic carbocycles. The number of rotatable bonds is 7. The lowest BCUT2D eigenvalue weighted by Gasteiger charge is -2.23. The van der Waals surface area contributed by atoms with E-state index in [1.807, 2.05) is 12.1 Å². The SMILES string of the molecule is CCNc1ccc(Cl)c(CN(CC)CC2CCCO2)n1. The molecule has 1 aliphatic rings. The molecule has 1 aromatic rings. The van der Waals surface area contributed by atoms with Crippen molar-refractivity contribution >= 4 is 17.4 Å². The first-order chi connectivity index (χ1) is 9.72. The molecule has 0 radical (unpaired) electrons. The normalized spacial score (nSPS) is 18.7. The predicted molar refractivity (Wildman–Crippen MR) is 83.3 cm³/mol. The van der Waals surface area contributed by atoms with Crippen LogP contribution in [0.3, 0.4) is 0 Å². The van der Waals surface area contributed by atoms with Gasteiger partial charge in [-0.25, -0.2) is 4.98 Å². The predicted octanol–water partition coefficient (Wildman–Crippen LogP) is 3.17. The first-order valence-corrected chi connectivity index (χ1v) is 7.84.